The minimum Gasteiger partial charge on any atom is -0.339 e. The van der Waals surface area contributed by atoms with E-state index < -0.39 is 0 Å². The summed E-state index contributed by atoms with van der Waals surface area (Å²) in [5.74, 6) is 0.0974. The van der Waals surface area contributed by atoms with Crippen LogP contribution in [0.2, 0.25) is 0 Å². The first-order valence-corrected chi connectivity index (χ1v) is 8.53. The first-order chi connectivity index (χ1) is 10.2. The molecule has 21 heavy (non-hydrogen) atoms. The molecule has 0 atom stereocenters. The van der Waals surface area contributed by atoms with Gasteiger partial charge in [-0.05, 0) is 49.2 Å². The largest absolute Gasteiger partial charge is 0.339 e. The van der Waals surface area contributed by atoms with E-state index in [-0.39, 0.29) is 5.91 Å². The molecule has 0 aliphatic carbocycles. The zero-order valence-corrected chi connectivity index (χ0v) is 13.9. The SMILES string of the molecule is O=C(c1cccnc1Sc1ccc(Br)cc1)N1CCCC1. The maximum atomic E-state index is 12.6. The summed E-state index contributed by atoms with van der Waals surface area (Å²) < 4.78 is 1.04. The number of hydrogen-bond acceptors (Lipinski definition) is 3. The lowest BCUT2D eigenvalue weighted by atomic mass is 10.2. The van der Waals surface area contributed by atoms with Crippen LogP contribution in [0.15, 0.2) is 57.0 Å². The second-order valence-corrected chi connectivity index (χ2v) is 6.89. The van der Waals surface area contributed by atoms with Gasteiger partial charge in [-0.2, -0.15) is 0 Å². The van der Waals surface area contributed by atoms with E-state index in [1.807, 2.05) is 41.3 Å². The van der Waals surface area contributed by atoms with Gasteiger partial charge in [0.05, 0.1) is 5.56 Å². The first kappa shape index (κ1) is 14.6. The fourth-order valence-electron chi connectivity index (χ4n) is 2.34. The molecular formula is C16H15BrN2OS. The van der Waals surface area contributed by atoms with Gasteiger partial charge in [0.25, 0.3) is 5.91 Å². The van der Waals surface area contributed by atoms with Gasteiger partial charge in [-0.1, -0.05) is 27.7 Å². The summed E-state index contributed by atoms with van der Waals surface area (Å²) in [7, 11) is 0. The fourth-order valence-corrected chi connectivity index (χ4v) is 3.48. The summed E-state index contributed by atoms with van der Waals surface area (Å²) in [4.78, 5) is 20.0. The van der Waals surface area contributed by atoms with Crippen LogP contribution < -0.4 is 0 Å². The Labute approximate surface area is 136 Å². The lowest BCUT2D eigenvalue weighted by Crippen LogP contribution is -2.28. The number of carbonyl (C=O) groups excluding carboxylic acids is 1. The van der Waals surface area contributed by atoms with Crippen molar-refractivity contribution < 1.29 is 4.79 Å². The number of benzene rings is 1. The van der Waals surface area contributed by atoms with Gasteiger partial charge in [-0.25, -0.2) is 4.98 Å². The predicted molar refractivity (Wildman–Crippen MR) is 87.6 cm³/mol. The van der Waals surface area contributed by atoms with Crippen molar-refractivity contribution in [2.75, 3.05) is 13.1 Å². The third-order valence-corrected chi connectivity index (χ3v) is 4.98. The minimum atomic E-state index is 0.0974. The second-order valence-electron chi connectivity index (χ2n) is 4.91. The zero-order valence-electron chi connectivity index (χ0n) is 11.5. The number of amides is 1. The van der Waals surface area contributed by atoms with Crippen molar-refractivity contribution in [3.63, 3.8) is 0 Å². The molecule has 0 saturated carbocycles. The molecule has 3 nitrogen and oxygen atoms in total. The Morgan fingerprint density at radius 1 is 1.14 bits per heavy atom. The first-order valence-electron chi connectivity index (χ1n) is 6.92. The molecule has 1 aliphatic rings. The Hall–Kier alpha value is -1.33. The minimum absolute atomic E-state index is 0.0974. The molecule has 3 rings (SSSR count). The van der Waals surface area contributed by atoms with Crippen molar-refractivity contribution in [1.29, 1.82) is 0 Å². The molecule has 0 N–H and O–H groups in total. The Balaban J connectivity index is 1.85. The van der Waals surface area contributed by atoms with Gasteiger partial charge in [0.1, 0.15) is 5.03 Å². The highest BCUT2D eigenvalue weighted by Gasteiger charge is 2.22. The topological polar surface area (TPSA) is 33.2 Å². The lowest BCUT2D eigenvalue weighted by Gasteiger charge is -2.16. The van der Waals surface area contributed by atoms with Gasteiger partial charge in [-0.3, -0.25) is 4.79 Å². The number of hydrogen-bond donors (Lipinski definition) is 0. The number of nitrogens with zero attached hydrogens (tertiary/aromatic N) is 2. The van der Waals surface area contributed by atoms with E-state index >= 15 is 0 Å². The van der Waals surface area contributed by atoms with Crippen molar-refractivity contribution in [3.8, 4) is 0 Å². The smallest absolute Gasteiger partial charge is 0.256 e. The molecule has 1 amide bonds. The molecule has 0 unspecified atom stereocenters. The molecule has 2 aromatic rings. The zero-order chi connectivity index (χ0) is 14.7. The van der Waals surface area contributed by atoms with E-state index in [1.165, 1.54) is 11.8 Å². The van der Waals surface area contributed by atoms with Gasteiger partial charge in [0.15, 0.2) is 0 Å². The Bertz CT molecular complexity index is 639. The van der Waals surface area contributed by atoms with Gasteiger partial charge >= 0.3 is 0 Å². The van der Waals surface area contributed by atoms with Crippen LogP contribution in [0.25, 0.3) is 0 Å². The maximum Gasteiger partial charge on any atom is 0.256 e. The summed E-state index contributed by atoms with van der Waals surface area (Å²) in [5, 5.41) is 0.775. The van der Waals surface area contributed by atoms with Crippen LogP contribution in [0.3, 0.4) is 0 Å². The molecule has 108 valence electrons. The lowest BCUT2D eigenvalue weighted by molar-refractivity contribution is 0.0788. The standard InChI is InChI=1S/C16H15BrN2OS/c17-12-5-7-13(8-6-12)21-15-14(4-3-9-18-15)16(20)19-10-1-2-11-19/h3-9H,1-2,10-11H2. The Morgan fingerprint density at radius 3 is 2.57 bits per heavy atom. The van der Waals surface area contributed by atoms with Crippen molar-refractivity contribution in [1.82, 2.24) is 9.88 Å². The average Bonchev–Trinajstić information content (AvgIpc) is 3.04. The van der Waals surface area contributed by atoms with Crippen LogP contribution in [-0.2, 0) is 0 Å². The molecule has 1 saturated heterocycles. The summed E-state index contributed by atoms with van der Waals surface area (Å²) in [6.45, 7) is 1.71. The molecule has 0 spiro atoms. The van der Waals surface area contributed by atoms with E-state index in [4.69, 9.17) is 0 Å². The highest BCUT2D eigenvalue weighted by atomic mass is 79.9. The third-order valence-electron chi connectivity index (χ3n) is 3.42. The van der Waals surface area contributed by atoms with Crippen molar-refractivity contribution in [2.45, 2.75) is 22.8 Å². The average molecular weight is 363 g/mol. The Morgan fingerprint density at radius 2 is 1.86 bits per heavy atom. The van der Waals surface area contributed by atoms with E-state index in [1.54, 1.807) is 6.20 Å². The normalized spacial score (nSPS) is 14.4. The van der Waals surface area contributed by atoms with Crippen LogP contribution in [0.4, 0.5) is 0 Å². The quantitative estimate of drug-likeness (QED) is 0.818. The molecule has 0 bridgehead atoms. The number of aromatic nitrogens is 1. The number of likely N-dealkylation sites (tertiary alicyclic amines) is 1. The van der Waals surface area contributed by atoms with Crippen LogP contribution in [0, 0.1) is 0 Å². The number of rotatable bonds is 3. The van der Waals surface area contributed by atoms with Gasteiger partial charge in [0, 0.05) is 28.7 Å². The van der Waals surface area contributed by atoms with E-state index in [9.17, 15) is 4.79 Å². The van der Waals surface area contributed by atoms with Crippen molar-refractivity contribution >= 4 is 33.6 Å². The monoisotopic (exact) mass is 362 g/mol. The van der Waals surface area contributed by atoms with E-state index in [0.29, 0.717) is 5.56 Å². The van der Waals surface area contributed by atoms with Gasteiger partial charge in [0.2, 0.25) is 0 Å². The van der Waals surface area contributed by atoms with E-state index in [2.05, 4.69) is 20.9 Å². The van der Waals surface area contributed by atoms with Crippen molar-refractivity contribution in [2.24, 2.45) is 0 Å². The van der Waals surface area contributed by atoms with Crippen molar-refractivity contribution in [3.05, 3.63) is 52.6 Å². The second kappa shape index (κ2) is 6.62. The number of pyridine rings is 1. The van der Waals surface area contributed by atoms with E-state index in [0.717, 1.165) is 40.3 Å². The highest BCUT2D eigenvalue weighted by Crippen LogP contribution is 2.30. The molecule has 2 heterocycles. The molecular weight excluding hydrogens is 348 g/mol. The van der Waals surface area contributed by atoms with Crippen LogP contribution in [0.1, 0.15) is 23.2 Å². The summed E-state index contributed by atoms with van der Waals surface area (Å²) >= 11 is 4.96. The van der Waals surface area contributed by atoms with Gasteiger partial charge in [-0.15, -0.1) is 0 Å². The molecule has 1 fully saturated rings. The summed E-state index contributed by atoms with van der Waals surface area (Å²) in [5.41, 5.74) is 0.701. The number of halogens is 1. The van der Waals surface area contributed by atoms with Crippen LogP contribution in [0.5, 0.6) is 0 Å². The molecule has 5 heteroatoms. The number of carbonyl (C=O) groups is 1. The molecule has 0 radical (unpaired) electrons. The third kappa shape index (κ3) is 3.47. The van der Waals surface area contributed by atoms with Crippen LogP contribution in [-0.4, -0.2) is 28.9 Å². The highest BCUT2D eigenvalue weighted by molar-refractivity contribution is 9.10. The summed E-state index contributed by atoms with van der Waals surface area (Å²) in [6.07, 6.45) is 3.93. The fraction of sp³-hybridized carbons (Fsp3) is 0.250. The Kier molecular flexibility index (Phi) is 4.60. The van der Waals surface area contributed by atoms with Gasteiger partial charge < -0.3 is 4.90 Å². The summed E-state index contributed by atoms with van der Waals surface area (Å²) in [6, 6.07) is 11.7. The molecule has 1 aromatic heterocycles. The predicted octanol–water partition coefficient (Wildman–Crippen LogP) is 4.23. The van der Waals surface area contributed by atoms with Crippen LogP contribution >= 0.6 is 27.7 Å². The maximum absolute atomic E-state index is 12.6. The molecule has 1 aromatic carbocycles. The molecule has 1 aliphatic heterocycles.